The number of furan rings is 1. The van der Waals surface area contributed by atoms with Crippen LogP contribution in [0.4, 0.5) is 0 Å². The Morgan fingerprint density at radius 3 is 2.76 bits per heavy atom. The summed E-state index contributed by atoms with van der Waals surface area (Å²) >= 11 is 1.54. The highest BCUT2D eigenvalue weighted by molar-refractivity contribution is 7.15. The molecule has 1 N–H and O–H groups in total. The van der Waals surface area contributed by atoms with Crippen LogP contribution >= 0.6 is 11.3 Å². The van der Waals surface area contributed by atoms with Crippen molar-refractivity contribution in [2.45, 2.75) is 38.2 Å². The van der Waals surface area contributed by atoms with E-state index in [9.17, 15) is 5.11 Å². The predicted molar refractivity (Wildman–Crippen MR) is 67.0 cm³/mol. The second kappa shape index (κ2) is 3.68. The minimum Gasteiger partial charge on any atom is -0.462 e. The van der Waals surface area contributed by atoms with Crippen molar-refractivity contribution < 1.29 is 9.52 Å². The molecule has 3 nitrogen and oxygen atoms in total. The summed E-state index contributed by atoms with van der Waals surface area (Å²) in [4.78, 5) is 5.62. The third-order valence-electron chi connectivity index (χ3n) is 2.91. The number of nitrogens with zero attached hydrogens (tertiary/aromatic N) is 1. The molecule has 0 radical (unpaired) electrons. The predicted octanol–water partition coefficient (Wildman–Crippen LogP) is 3.51. The van der Waals surface area contributed by atoms with Gasteiger partial charge in [0.2, 0.25) is 0 Å². The lowest BCUT2D eigenvalue weighted by Crippen LogP contribution is -2.15. The van der Waals surface area contributed by atoms with Gasteiger partial charge in [0.25, 0.3) is 0 Å². The number of rotatable bonds is 3. The van der Waals surface area contributed by atoms with Crippen LogP contribution in [-0.4, -0.2) is 10.1 Å². The molecule has 3 rings (SSSR count). The smallest absolute Gasteiger partial charge is 0.162 e. The first kappa shape index (κ1) is 11.0. The summed E-state index contributed by atoms with van der Waals surface area (Å²) in [7, 11) is 0. The van der Waals surface area contributed by atoms with E-state index in [1.165, 1.54) is 24.2 Å². The summed E-state index contributed by atoms with van der Waals surface area (Å²) in [6.07, 6.45) is 4.02. The maximum Gasteiger partial charge on any atom is 0.162 e. The van der Waals surface area contributed by atoms with Crippen LogP contribution in [0.3, 0.4) is 0 Å². The minimum absolute atomic E-state index is 0.538. The second-order valence-corrected chi connectivity index (χ2v) is 6.04. The zero-order valence-electron chi connectivity index (χ0n) is 9.93. The van der Waals surface area contributed by atoms with Crippen molar-refractivity contribution in [2.24, 2.45) is 0 Å². The van der Waals surface area contributed by atoms with Gasteiger partial charge >= 0.3 is 0 Å². The summed E-state index contributed by atoms with van der Waals surface area (Å²) < 4.78 is 5.37. The zero-order valence-corrected chi connectivity index (χ0v) is 10.8. The Bertz CT molecular complexity index is 518. The first-order valence-corrected chi connectivity index (χ1v) is 6.65. The molecular formula is C13H15NO2S. The molecule has 1 saturated carbocycles. The lowest BCUT2D eigenvalue weighted by Gasteiger charge is -2.16. The summed E-state index contributed by atoms with van der Waals surface area (Å²) in [5.74, 6) is 1.32. The maximum absolute atomic E-state index is 10.2. The Kier molecular flexibility index (Phi) is 2.38. The van der Waals surface area contributed by atoms with E-state index in [1.807, 2.05) is 26.0 Å². The van der Waals surface area contributed by atoms with Gasteiger partial charge in [-0.1, -0.05) is 0 Å². The number of thiazole rings is 1. The molecule has 0 bridgehead atoms. The van der Waals surface area contributed by atoms with Gasteiger partial charge in [0, 0.05) is 5.92 Å². The first-order valence-electron chi connectivity index (χ1n) is 5.83. The van der Waals surface area contributed by atoms with E-state index in [2.05, 4.69) is 4.98 Å². The zero-order chi connectivity index (χ0) is 12.0. The van der Waals surface area contributed by atoms with Gasteiger partial charge in [-0.3, -0.25) is 0 Å². The van der Waals surface area contributed by atoms with Crippen LogP contribution in [0.25, 0.3) is 10.8 Å². The van der Waals surface area contributed by atoms with E-state index >= 15 is 0 Å². The highest BCUT2D eigenvalue weighted by Crippen LogP contribution is 2.47. The normalized spacial score (nSPS) is 16.4. The molecule has 1 aliphatic carbocycles. The fourth-order valence-corrected chi connectivity index (χ4v) is 3.03. The average Bonchev–Trinajstić information content (AvgIpc) is 2.82. The largest absolute Gasteiger partial charge is 0.462 e. The van der Waals surface area contributed by atoms with E-state index in [1.54, 1.807) is 6.26 Å². The van der Waals surface area contributed by atoms with Crippen molar-refractivity contribution in [1.29, 1.82) is 0 Å². The Hall–Kier alpha value is -1.13. The highest BCUT2D eigenvalue weighted by atomic mass is 32.1. The van der Waals surface area contributed by atoms with Crippen LogP contribution in [-0.2, 0) is 5.60 Å². The molecule has 90 valence electrons. The average molecular weight is 249 g/mol. The van der Waals surface area contributed by atoms with Crippen LogP contribution in [0.5, 0.6) is 0 Å². The fraction of sp³-hybridized carbons (Fsp3) is 0.462. The number of hydrogen-bond donors (Lipinski definition) is 1. The molecule has 0 aliphatic heterocycles. The van der Waals surface area contributed by atoms with Crippen molar-refractivity contribution in [3.05, 3.63) is 29.0 Å². The summed E-state index contributed by atoms with van der Waals surface area (Å²) in [6, 6.07) is 3.76. The fourth-order valence-electron chi connectivity index (χ4n) is 1.91. The number of hydrogen-bond acceptors (Lipinski definition) is 4. The van der Waals surface area contributed by atoms with E-state index in [0.29, 0.717) is 5.92 Å². The van der Waals surface area contributed by atoms with Gasteiger partial charge in [-0.2, -0.15) is 0 Å². The van der Waals surface area contributed by atoms with Crippen molar-refractivity contribution in [1.82, 2.24) is 4.98 Å². The van der Waals surface area contributed by atoms with Gasteiger partial charge in [0.1, 0.15) is 0 Å². The molecule has 2 heterocycles. The second-order valence-electron chi connectivity index (χ2n) is 5.04. The van der Waals surface area contributed by atoms with Gasteiger partial charge in [-0.25, -0.2) is 4.98 Å². The van der Waals surface area contributed by atoms with Crippen LogP contribution in [0.2, 0.25) is 0 Å². The molecule has 0 atom stereocenters. The molecule has 0 spiro atoms. The molecule has 0 unspecified atom stereocenters. The van der Waals surface area contributed by atoms with Crippen LogP contribution in [0, 0.1) is 0 Å². The third-order valence-corrected chi connectivity index (χ3v) is 4.30. The number of aliphatic hydroxyl groups is 1. The van der Waals surface area contributed by atoms with E-state index in [-0.39, 0.29) is 0 Å². The molecule has 2 aromatic rings. The van der Waals surface area contributed by atoms with Crippen molar-refractivity contribution in [2.75, 3.05) is 0 Å². The lowest BCUT2D eigenvalue weighted by molar-refractivity contribution is 0.0813. The van der Waals surface area contributed by atoms with E-state index in [0.717, 1.165) is 21.3 Å². The Labute approximate surface area is 104 Å². The molecular weight excluding hydrogens is 234 g/mol. The lowest BCUT2D eigenvalue weighted by atomic mass is 10.0. The monoisotopic (exact) mass is 249 g/mol. The Balaban J connectivity index is 2.08. The molecule has 2 aromatic heterocycles. The first-order chi connectivity index (χ1) is 8.05. The SMILES string of the molecule is CC(C)(O)c1sc(-c2ccco2)nc1C1CC1. The molecule has 0 saturated heterocycles. The maximum atomic E-state index is 10.2. The van der Waals surface area contributed by atoms with E-state index < -0.39 is 5.60 Å². The third kappa shape index (κ3) is 2.03. The van der Waals surface area contributed by atoms with Gasteiger partial charge in [0.15, 0.2) is 10.8 Å². The highest BCUT2D eigenvalue weighted by Gasteiger charge is 2.35. The molecule has 4 heteroatoms. The van der Waals surface area contributed by atoms with Gasteiger partial charge in [-0.15, -0.1) is 11.3 Å². The Morgan fingerprint density at radius 2 is 2.24 bits per heavy atom. The molecule has 17 heavy (non-hydrogen) atoms. The molecule has 1 fully saturated rings. The van der Waals surface area contributed by atoms with Crippen molar-refractivity contribution in [3.63, 3.8) is 0 Å². The van der Waals surface area contributed by atoms with Crippen molar-refractivity contribution >= 4 is 11.3 Å². The summed E-state index contributed by atoms with van der Waals surface area (Å²) in [6.45, 7) is 3.64. The molecule has 0 amide bonds. The minimum atomic E-state index is -0.819. The van der Waals surface area contributed by atoms with Gasteiger partial charge < -0.3 is 9.52 Å². The quantitative estimate of drug-likeness (QED) is 0.905. The number of aromatic nitrogens is 1. The topological polar surface area (TPSA) is 46.3 Å². The van der Waals surface area contributed by atoms with Gasteiger partial charge in [-0.05, 0) is 38.8 Å². The van der Waals surface area contributed by atoms with Gasteiger partial charge in [0.05, 0.1) is 22.4 Å². The molecule has 1 aliphatic rings. The van der Waals surface area contributed by atoms with Crippen molar-refractivity contribution in [3.8, 4) is 10.8 Å². The Morgan fingerprint density at radius 1 is 1.47 bits per heavy atom. The standard InChI is InChI=1S/C13H15NO2S/c1-13(2,15)11-10(8-5-6-8)14-12(17-11)9-4-3-7-16-9/h3-4,7-8,15H,5-6H2,1-2H3. The van der Waals surface area contributed by atoms with Crippen LogP contribution in [0.1, 0.15) is 43.2 Å². The van der Waals surface area contributed by atoms with E-state index in [4.69, 9.17) is 4.42 Å². The van der Waals surface area contributed by atoms with Crippen LogP contribution < -0.4 is 0 Å². The summed E-state index contributed by atoms with van der Waals surface area (Å²) in [5, 5.41) is 11.1. The molecule has 0 aromatic carbocycles. The summed E-state index contributed by atoms with van der Waals surface area (Å²) in [5.41, 5.74) is 0.245. The van der Waals surface area contributed by atoms with Crippen LogP contribution in [0.15, 0.2) is 22.8 Å².